The number of halogens is 5. The molecule has 6 heterocycles. The minimum absolute atomic E-state index is 0.0167. The molecule has 6 aromatic heterocycles. The molecule has 8 aromatic rings. The zero-order valence-corrected chi connectivity index (χ0v) is 36.2. The summed E-state index contributed by atoms with van der Waals surface area (Å²) in [6.07, 6.45) is -0.657. The first-order chi connectivity index (χ1) is 29.7. The van der Waals surface area contributed by atoms with Crippen LogP contribution in [0.1, 0.15) is 86.6 Å². The molecular weight excluding hydrogens is 838 g/mol. The van der Waals surface area contributed by atoms with Crippen molar-refractivity contribution >= 4 is 67.5 Å². The molecule has 0 spiro atoms. The summed E-state index contributed by atoms with van der Waals surface area (Å²) >= 11 is 12.6. The smallest absolute Gasteiger partial charge is 0.342 e. The maximum atomic E-state index is 14.5. The fraction of sp³-hybridized carbons (Fsp3) is 0.413. The molecular formula is C46H46Cl2F3N9O2. The average molecular weight is 885 g/mol. The van der Waals surface area contributed by atoms with E-state index in [1.54, 1.807) is 22.8 Å². The van der Waals surface area contributed by atoms with Gasteiger partial charge in [0.1, 0.15) is 16.1 Å². The molecule has 0 N–H and O–H groups in total. The second-order valence-corrected chi connectivity index (χ2v) is 18.3. The van der Waals surface area contributed by atoms with Gasteiger partial charge in [0.2, 0.25) is 0 Å². The van der Waals surface area contributed by atoms with Gasteiger partial charge in [-0.05, 0) is 118 Å². The minimum Gasteiger partial charge on any atom is -0.342 e. The highest BCUT2D eigenvalue weighted by atomic mass is 35.5. The summed E-state index contributed by atoms with van der Waals surface area (Å²) in [6, 6.07) is 21.1. The summed E-state index contributed by atoms with van der Waals surface area (Å²) < 4.78 is 51.1. The molecule has 0 amide bonds. The van der Waals surface area contributed by atoms with Crippen LogP contribution in [0.5, 0.6) is 0 Å². The lowest BCUT2D eigenvalue weighted by Crippen LogP contribution is -2.26. The van der Waals surface area contributed by atoms with Crippen molar-refractivity contribution in [2.45, 2.75) is 110 Å². The van der Waals surface area contributed by atoms with Gasteiger partial charge in [-0.15, -0.1) is 0 Å². The number of para-hydroxylation sites is 2. The Bertz CT molecular complexity index is 3170. The molecule has 0 radical (unpaired) electrons. The number of fused-ring (bicyclic) bond motifs is 4. The summed E-state index contributed by atoms with van der Waals surface area (Å²) in [7, 11) is 0. The number of imidazole rings is 3. The van der Waals surface area contributed by atoms with Gasteiger partial charge in [-0.25, -0.2) is 24.5 Å². The third kappa shape index (κ3) is 7.42. The van der Waals surface area contributed by atoms with Crippen LogP contribution in [-0.2, 0) is 26.2 Å². The SMILES string of the molecule is Cc1cccc2c1n(C1CC1)c(=O)n2Cc1nc2nc(Cl)ccc2n1CCC(C)CC1CC1n1c(=O)n(Cc2cc3nc(Cl)ccc3n2CCCC(F)(F)F)c2cccc(C)c21. The van der Waals surface area contributed by atoms with Crippen LogP contribution < -0.4 is 11.4 Å². The van der Waals surface area contributed by atoms with E-state index >= 15 is 0 Å². The van der Waals surface area contributed by atoms with E-state index in [2.05, 4.69) is 34.4 Å². The summed E-state index contributed by atoms with van der Waals surface area (Å²) in [5.41, 5.74) is 8.81. The Morgan fingerprint density at radius 2 is 1.39 bits per heavy atom. The predicted molar refractivity (Wildman–Crippen MR) is 236 cm³/mol. The number of hydrogen-bond donors (Lipinski definition) is 0. The number of alkyl halides is 3. The second-order valence-electron chi connectivity index (χ2n) is 17.5. The van der Waals surface area contributed by atoms with Crippen LogP contribution in [0.25, 0.3) is 44.3 Å². The highest BCUT2D eigenvalue weighted by molar-refractivity contribution is 6.30. The number of pyridine rings is 2. The van der Waals surface area contributed by atoms with Crippen molar-refractivity contribution in [2.24, 2.45) is 11.8 Å². The fourth-order valence-corrected chi connectivity index (χ4v) is 10.1. The van der Waals surface area contributed by atoms with E-state index in [-0.39, 0.29) is 54.0 Å². The van der Waals surface area contributed by atoms with Crippen molar-refractivity contribution in [3.8, 4) is 0 Å². The Morgan fingerprint density at radius 3 is 2.08 bits per heavy atom. The van der Waals surface area contributed by atoms with Crippen molar-refractivity contribution in [3.63, 3.8) is 0 Å². The van der Waals surface area contributed by atoms with E-state index in [0.29, 0.717) is 46.5 Å². The molecule has 16 heteroatoms. The highest BCUT2D eigenvalue weighted by Crippen LogP contribution is 2.48. The second kappa shape index (κ2) is 15.5. The van der Waals surface area contributed by atoms with Gasteiger partial charge in [0, 0.05) is 37.3 Å². The molecule has 2 aromatic carbocycles. The Hall–Kier alpha value is -5.34. The van der Waals surface area contributed by atoms with Gasteiger partial charge in [-0.1, -0.05) is 54.4 Å². The van der Waals surface area contributed by atoms with Crippen LogP contribution in [0, 0.1) is 25.7 Å². The molecule has 2 aliphatic rings. The molecule has 0 aliphatic heterocycles. The zero-order chi connectivity index (χ0) is 43.2. The van der Waals surface area contributed by atoms with Crippen LogP contribution in [0.2, 0.25) is 10.3 Å². The van der Waals surface area contributed by atoms with E-state index in [1.807, 2.05) is 67.7 Å². The van der Waals surface area contributed by atoms with E-state index in [4.69, 9.17) is 28.2 Å². The van der Waals surface area contributed by atoms with Gasteiger partial charge in [0.25, 0.3) is 0 Å². The molecule has 0 saturated heterocycles. The first kappa shape index (κ1) is 40.7. The molecule has 2 aliphatic carbocycles. The summed E-state index contributed by atoms with van der Waals surface area (Å²) in [4.78, 5) is 42.4. The van der Waals surface area contributed by atoms with Crippen molar-refractivity contribution < 1.29 is 13.2 Å². The summed E-state index contributed by atoms with van der Waals surface area (Å²) in [5, 5.41) is 0.646. The van der Waals surface area contributed by atoms with Crippen LogP contribution in [0.15, 0.2) is 76.3 Å². The number of rotatable bonds is 14. The van der Waals surface area contributed by atoms with E-state index < -0.39 is 12.6 Å². The van der Waals surface area contributed by atoms with Crippen molar-refractivity contribution in [2.75, 3.05) is 0 Å². The van der Waals surface area contributed by atoms with Gasteiger partial charge >= 0.3 is 17.6 Å². The maximum absolute atomic E-state index is 14.5. The Labute approximate surface area is 364 Å². The average Bonchev–Trinajstić information content (AvgIpc) is 4.09. The van der Waals surface area contributed by atoms with Crippen LogP contribution in [0.3, 0.4) is 0 Å². The lowest BCUT2D eigenvalue weighted by Gasteiger charge is -2.15. The minimum atomic E-state index is -4.27. The summed E-state index contributed by atoms with van der Waals surface area (Å²) in [5.74, 6) is 1.34. The molecule has 3 unspecified atom stereocenters. The molecule has 11 nitrogen and oxygen atoms in total. The number of nitrogens with zero attached hydrogens (tertiary/aromatic N) is 9. The monoisotopic (exact) mass is 883 g/mol. The molecule has 2 saturated carbocycles. The number of aromatic nitrogens is 9. The lowest BCUT2D eigenvalue weighted by atomic mass is 10.0. The first-order valence-electron chi connectivity index (χ1n) is 21.4. The maximum Gasteiger partial charge on any atom is 0.389 e. The summed E-state index contributed by atoms with van der Waals surface area (Å²) in [6.45, 7) is 7.58. The van der Waals surface area contributed by atoms with E-state index in [1.165, 1.54) is 0 Å². The fourth-order valence-electron chi connectivity index (χ4n) is 9.78. The number of benzene rings is 2. The molecule has 2 fully saturated rings. The Kier molecular flexibility index (Phi) is 10.2. The molecule has 3 atom stereocenters. The van der Waals surface area contributed by atoms with Gasteiger partial charge in [-0.2, -0.15) is 13.2 Å². The highest BCUT2D eigenvalue weighted by Gasteiger charge is 2.42. The largest absolute Gasteiger partial charge is 0.389 e. The zero-order valence-electron chi connectivity index (χ0n) is 34.7. The molecule has 0 bridgehead atoms. The molecule has 322 valence electrons. The van der Waals surface area contributed by atoms with Crippen molar-refractivity contribution in [3.05, 3.63) is 121 Å². The van der Waals surface area contributed by atoms with Crippen LogP contribution in [-0.4, -0.2) is 48.5 Å². The van der Waals surface area contributed by atoms with Gasteiger partial charge in [0.05, 0.1) is 51.7 Å². The quantitative estimate of drug-likeness (QED) is 0.101. The third-order valence-electron chi connectivity index (χ3n) is 13.0. The Balaban J connectivity index is 0.900. The third-order valence-corrected chi connectivity index (χ3v) is 13.4. The van der Waals surface area contributed by atoms with E-state index in [9.17, 15) is 22.8 Å². The van der Waals surface area contributed by atoms with Crippen LogP contribution >= 0.6 is 23.2 Å². The molecule has 10 rings (SSSR count). The lowest BCUT2D eigenvalue weighted by molar-refractivity contribution is -0.135. The van der Waals surface area contributed by atoms with Gasteiger partial charge < -0.3 is 9.13 Å². The molecule has 62 heavy (non-hydrogen) atoms. The predicted octanol–water partition coefficient (Wildman–Crippen LogP) is 10.4. The van der Waals surface area contributed by atoms with E-state index in [0.717, 1.165) is 76.6 Å². The normalized spacial score (nSPS) is 17.4. The van der Waals surface area contributed by atoms with Crippen molar-refractivity contribution in [1.82, 2.24) is 42.4 Å². The number of hydrogen-bond acceptors (Lipinski definition) is 5. The van der Waals surface area contributed by atoms with Gasteiger partial charge in [0.15, 0.2) is 5.65 Å². The van der Waals surface area contributed by atoms with Crippen molar-refractivity contribution in [1.29, 1.82) is 0 Å². The number of aryl methyl sites for hydroxylation is 4. The van der Waals surface area contributed by atoms with Crippen LogP contribution in [0.4, 0.5) is 13.2 Å². The topological polar surface area (TPSA) is 102 Å². The standard InChI is InChI=1S/C46H46Cl2F3N9O2/c1-26(17-20-56-36-14-16-39(48)53-43(36)54-40(56)25-58-34-9-4-7-27(2)41(34)59(44(58)61)30-11-12-30)21-29-22-37(29)60-42-28(3)8-5-10-35(42)57(45(60)62)24-31-23-32-33(13-15-38(47)52-32)55(31)19-6-18-46(49,50)51/h4-5,7-10,13-16,23,26,29-30,37H,6,11-12,17-22,24-25H2,1-3H3. The van der Waals surface area contributed by atoms with Gasteiger partial charge in [-0.3, -0.25) is 18.3 Å². The first-order valence-corrected chi connectivity index (χ1v) is 22.1. The Morgan fingerprint density at radius 1 is 0.742 bits per heavy atom.